The maximum absolute atomic E-state index is 13.6. The Bertz CT molecular complexity index is 896. The molecule has 1 N–H and O–H groups in total. The van der Waals surface area contributed by atoms with E-state index in [1.54, 1.807) is 11.3 Å². The van der Waals surface area contributed by atoms with E-state index in [2.05, 4.69) is 37.1 Å². The predicted molar refractivity (Wildman–Crippen MR) is 138 cm³/mol. The molecule has 188 valence electrons. The fourth-order valence-corrected chi connectivity index (χ4v) is 5.27. The van der Waals surface area contributed by atoms with Gasteiger partial charge >= 0.3 is 0 Å². The molecule has 34 heavy (non-hydrogen) atoms. The Balaban J connectivity index is 1.69. The average molecular weight is 489 g/mol. The van der Waals surface area contributed by atoms with Crippen molar-refractivity contribution in [2.24, 2.45) is 5.92 Å². The third-order valence-corrected chi connectivity index (χ3v) is 6.91. The largest absolute Gasteiger partial charge is 0.491 e. The first kappa shape index (κ1) is 26.7. The first-order valence-corrected chi connectivity index (χ1v) is 13.2. The molecule has 2 atom stereocenters. The number of benzene rings is 1. The number of hydrogen-bond acceptors (Lipinski definition) is 6. The van der Waals surface area contributed by atoms with Crippen LogP contribution in [0.3, 0.4) is 0 Å². The van der Waals surface area contributed by atoms with Crippen molar-refractivity contribution in [3.05, 3.63) is 51.7 Å². The Kier molecular flexibility index (Phi) is 9.95. The third kappa shape index (κ3) is 7.80. The van der Waals surface area contributed by atoms with E-state index in [0.717, 1.165) is 18.7 Å². The van der Waals surface area contributed by atoms with Gasteiger partial charge in [-0.15, -0.1) is 11.3 Å². The van der Waals surface area contributed by atoms with Crippen molar-refractivity contribution in [3.8, 4) is 5.75 Å². The first-order chi connectivity index (χ1) is 16.2. The molecule has 1 amide bonds. The van der Waals surface area contributed by atoms with Gasteiger partial charge in [0.2, 0.25) is 5.91 Å². The van der Waals surface area contributed by atoms with Crippen molar-refractivity contribution in [2.75, 3.05) is 39.4 Å². The zero-order valence-corrected chi connectivity index (χ0v) is 22.0. The van der Waals surface area contributed by atoms with Crippen LogP contribution in [0, 0.1) is 12.8 Å². The number of fused-ring (bicyclic) bond motifs is 1. The summed E-state index contributed by atoms with van der Waals surface area (Å²) in [6, 6.07) is 10.0. The summed E-state index contributed by atoms with van der Waals surface area (Å²) in [4.78, 5) is 18.9. The number of aliphatic hydroxyl groups excluding tert-OH is 1. The molecule has 1 aromatic carbocycles. The predicted octanol–water partition coefficient (Wildman–Crippen LogP) is 4.31. The number of carbonyl (C=O) groups excluding carboxylic acids is 1. The third-order valence-electron chi connectivity index (χ3n) is 5.92. The summed E-state index contributed by atoms with van der Waals surface area (Å²) < 4.78 is 11.7. The highest BCUT2D eigenvalue weighted by atomic mass is 32.1. The van der Waals surface area contributed by atoms with Gasteiger partial charge in [-0.25, -0.2) is 0 Å². The van der Waals surface area contributed by atoms with Gasteiger partial charge in [-0.3, -0.25) is 9.69 Å². The molecule has 2 heterocycles. The Morgan fingerprint density at radius 1 is 1.18 bits per heavy atom. The Morgan fingerprint density at radius 3 is 2.59 bits per heavy atom. The maximum Gasteiger partial charge on any atom is 0.237 e. The fourth-order valence-electron chi connectivity index (χ4n) is 4.34. The van der Waals surface area contributed by atoms with E-state index in [1.165, 1.54) is 16.0 Å². The standard InChI is InChI=1S/C27H40N2O4S/c1-19(2)14-28(15-22(30)17-32-20(3)4)16-27(31)29-12-10-26-24(11-13-34-26)25(29)18-33-23-8-6-21(5)7-9-23/h6-9,11,13,19-20,22,25,30H,10,12,14-18H2,1-5H3/t22-,25-/m1/s1. The Morgan fingerprint density at radius 2 is 1.91 bits per heavy atom. The normalized spacial score (nSPS) is 16.9. The van der Waals surface area contributed by atoms with Crippen molar-refractivity contribution in [2.45, 2.75) is 59.3 Å². The van der Waals surface area contributed by atoms with Crippen LogP contribution in [0.5, 0.6) is 5.75 Å². The number of hydrogen-bond donors (Lipinski definition) is 1. The van der Waals surface area contributed by atoms with Gasteiger partial charge in [-0.1, -0.05) is 31.5 Å². The van der Waals surface area contributed by atoms with Gasteiger partial charge in [0, 0.05) is 24.5 Å². The number of carbonyl (C=O) groups is 1. The van der Waals surface area contributed by atoms with E-state index in [-0.39, 0.29) is 31.2 Å². The number of aryl methyl sites for hydroxylation is 1. The highest BCUT2D eigenvalue weighted by molar-refractivity contribution is 7.10. The van der Waals surface area contributed by atoms with Crippen LogP contribution in [0.15, 0.2) is 35.7 Å². The second-order valence-electron chi connectivity index (χ2n) is 9.90. The second kappa shape index (κ2) is 12.7. The molecule has 1 aromatic heterocycles. The quantitative estimate of drug-likeness (QED) is 0.483. The highest BCUT2D eigenvalue weighted by Gasteiger charge is 2.33. The molecule has 7 heteroatoms. The molecule has 0 spiro atoms. The molecule has 3 rings (SSSR count). The fraction of sp³-hybridized carbons (Fsp3) is 0.593. The van der Waals surface area contributed by atoms with Crippen molar-refractivity contribution >= 4 is 17.2 Å². The molecule has 6 nitrogen and oxygen atoms in total. The van der Waals surface area contributed by atoms with E-state index in [1.807, 2.05) is 43.0 Å². The highest BCUT2D eigenvalue weighted by Crippen LogP contribution is 2.34. The topological polar surface area (TPSA) is 62.2 Å². The molecule has 0 aliphatic carbocycles. The van der Waals surface area contributed by atoms with Crippen LogP contribution in [0.25, 0.3) is 0 Å². The number of thiophene rings is 1. The summed E-state index contributed by atoms with van der Waals surface area (Å²) >= 11 is 1.75. The molecule has 0 fully saturated rings. The summed E-state index contributed by atoms with van der Waals surface area (Å²) in [6.45, 7) is 13.0. The minimum atomic E-state index is -0.626. The molecule has 2 aromatic rings. The monoisotopic (exact) mass is 488 g/mol. The summed E-state index contributed by atoms with van der Waals surface area (Å²) in [5.74, 6) is 1.28. The van der Waals surface area contributed by atoms with E-state index in [9.17, 15) is 9.90 Å². The van der Waals surface area contributed by atoms with Crippen LogP contribution < -0.4 is 4.74 Å². The van der Waals surface area contributed by atoms with Crippen molar-refractivity contribution in [3.63, 3.8) is 0 Å². The average Bonchev–Trinajstić information content (AvgIpc) is 3.25. The van der Waals surface area contributed by atoms with Crippen LogP contribution in [-0.2, 0) is 16.0 Å². The summed E-state index contributed by atoms with van der Waals surface area (Å²) in [5, 5.41) is 12.6. The molecular formula is C27H40N2O4S. The Labute approximate surface area is 208 Å². The minimum Gasteiger partial charge on any atom is -0.491 e. The van der Waals surface area contributed by atoms with Gasteiger partial charge in [-0.2, -0.15) is 0 Å². The molecule has 1 aliphatic rings. The number of aliphatic hydroxyl groups is 1. The number of nitrogens with zero attached hydrogens (tertiary/aromatic N) is 2. The lowest BCUT2D eigenvalue weighted by Gasteiger charge is -2.37. The lowest BCUT2D eigenvalue weighted by molar-refractivity contribution is -0.136. The number of rotatable bonds is 12. The lowest BCUT2D eigenvalue weighted by Crippen LogP contribution is -2.48. The van der Waals surface area contributed by atoms with Gasteiger partial charge in [-0.05, 0) is 62.3 Å². The van der Waals surface area contributed by atoms with E-state index in [0.29, 0.717) is 25.6 Å². The van der Waals surface area contributed by atoms with Crippen molar-refractivity contribution < 1.29 is 19.4 Å². The van der Waals surface area contributed by atoms with Gasteiger partial charge in [0.15, 0.2) is 0 Å². The zero-order valence-electron chi connectivity index (χ0n) is 21.2. The van der Waals surface area contributed by atoms with Crippen LogP contribution in [0.1, 0.15) is 49.7 Å². The number of ether oxygens (including phenoxy) is 2. The summed E-state index contributed by atoms with van der Waals surface area (Å²) in [5.41, 5.74) is 2.38. The molecule has 0 radical (unpaired) electrons. The molecule has 1 aliphatic heterocycles. The smallest absolute Gasteiger partial charge is 0.237 e. The van der Waals surface area contributed by atoms with E-state index < -0.39 is 6.10 Å². The summed E-state index contributed by atoms with van der Waals surface area (Å²) in [7, 11) is 0. The molecule has 0 saturated carbocycles. The molecule has 0 saturated heterocycles. The van der Waals surface area contributed by atoms with Gasteiger partial charge in [0.1, 0.15) is 12.4 Å². The SMILES string of the molecule is Cc1ccc(OC[C@@H]2c3ccsc3CCN2C(=O)CN(CC(C)C)C[C@@H](O)COC(C)C)cc1. The van der Waals surface area contributed by atoms with Crippen LogP contribution in [-0.4, -0.2) is 72.4 Å². The molecular weight excluding hydrogens is 448 g/mol. The molecule has 0 unspecified atom stereocenters. The Hall–Kier alpha value is -1.93. The van der Waals surface area contributed by atoms with Gasteiger partial charge in [0.05, 0.1) is 31.4 Å². The van der Waals surface area contributed by atoms with Crippen molar-refractivity contribution in [1.82, 2.24) is 9.80 Å². The second-order valence-corrected chi connectivity index (χ2v) is 10.9. The van der Waals surface area contributed by atoms with Gasteiger partial charge in [0.25, 0.3) is 0 Å². The summed E-state index contributed by atoms with van der Waals surface area (Å²) in [6.07, 6.45) is 0.311. The zero-order chi connectivity index (χ0) is 24.7. The van der Waals surface area contributed by atoms with Crippen LogP contribution >= 0.6 is 11.3 Å². The van der Waals surface area contributed by atoms with E-state index in [4.69, 9.17) is 9.47 Å². The molecule has 0 bridgehead atoms. The lowest BCUT2D eigenvalue weighted by atomic mass is 10.00. The van der Waals surface area contributed by atoms with E-state index >= 15 is 0 Å². The first-order valence-electron chi connectivity index (χ1n) is 12.3. The minimum absolute atomic E-state index is 0.0669. The van der Waals surface area contributed by atoms with Crippen LogP contribution in [0.2, 0.25) is 0 Å². The maximum atomic E-state index is 13.6. The van der Waals surface area contributed by atoms with Crippen molar-refractivity contribution in [1.29, 1.82) is 0 Å². The van der Waals surface area contributed by atoms with Gasteiger partial charge < -0.3 is 19.5 Å². The number of amides is 1. The van der Waals surface area contributed by atoms with Crippen LogP contribution in [0.4, 0.5) is 0 Å².